The number of benzene rings is 1. The van der Waals surface area contributed by atoms with Crippen LogP contribution >= 0.6 is 0 Å². The first-order valence-corrected chi connectivity index (χ1v) is 7.67. The lowest BCUT2D eigenvalue weighted by molar-refractivity contribution is 0.337. The SMILES string of the molecule is c1ccc(C2CCC(NCCn3cccn3)CC2)cc1. The van der Waals surface area contributed by atoms with Gasteiger partial charge in [-0.1, -0.05) is 30.3 Å². The summed E-state index contributed by atoms with van der Waals surface area (Å²) in [6, 6.07) is 13.6. The number of rotatable bonds is 5. The second kappa shape index (κ2) is 6.71. The van der Waals surface area contributed by atoms with E-state index < -0.39 is 0 Å². The van der Waals surface area contributed by atoms with Gasteiger partial charge in [-0.15, -0.1) is 0 Å². The van der Waals surface area contributed by atoms with E-state index >= 15 is 0 Å². The summed E-state index contributed by atoms with van der Waals surface area (Å²) >= 11 is 0. The van der Waals surface area contributed by atoms with Crippen molar-refractivity contribution in [3.8, 4) is 0 Å². The van der Waals surface area contributed by atoms with Gasteiger partial charge >= 0.3 is 0 Å². The number of hydrogen-bond donors (Lipinski definition) is 1. The van der Waals surface area contributed by atoms with Crippen LogP contribution in [0.3, 0.4) is 0 Å². The Morgan fingerprint density at radius 3 is 2.55 bits per heavy atom. The number of nitrogens with one attached hydrogen (secondary N) is 1. The van der Waals surface area contributed by atoms with Crippen molar-refractivity contribution in [2.45, 2.75) is 44.2 Å². The zero-order chi connectivity index (χ0) is 13.6. The molecule has 20 heavy (non-hydrogen) atoms. The van der Waals surface area contributed by atoms with Crippen molar-refractivity contribution in [1.29, 1.82) is 0 Å². The first kappa shape index (κ1) is 13.4. The molecule has 2 aromatic rings. The smallest absolute Gasteiger partial charge is 0.0534 e. The van der Waals surface area contributed by atoms with Crippen molar-refractivity contribution < 1.29 is 0 Å². The van der Waals surface area contributed by atoms with Gasteiger partial charge < -0.3 is 5.32 Å². The van der Waals surface area contributed by atoms with Gasteiger partial charge in [0.15, 0.2) is 0 Å². The van der Waals surface area contributed by atoms with Crippen LogP contribution in [0.2, 0.25) is 0 Å². The van der Waals surface area contributed by atoms with Gasteiger partial charge in [0.05, 0.1) is 6.54 Å². The Balaban J connectivity index is 1.40. The predicted octanol–water partition coefficient (Wildman–Crippen LogP) is 3.20. The molecule has 0 spiro atoms. The van der Waals surface area contributed by atoms with Crippen LogP contribution in [0.1, 0.15) is 37.2 Å². The van der Waals surface area contributed by atoms with Crippen LogP contribution in [-0.4, -0.2) is 22.4 Å². The number of hydrogen-bond acceptors (Lipinski definition) is 2. The van der Waals surface area contributed by atoms with Gasteiger partial charge in [-0.25, -0.2) is 0 Å². The Morgan fingerprint density at radius 2 is 1.85 bits per heavy atom. The molecule has 0 unspecified atom stereocenters. The van der Waals surface area contributed by atoms with Gasteiger partial charge in [0, 0.05) is 25.0 Å². The highest BCUT2D eigenvalue weighted by Crippen LogP contribution is 2.32. The van der Waals surface area contributed by atoms with Crippen molar-refractivity contribution in [3.05, 3.63) is 54.4 Å². The van der Waals surface area contributed by atoms with Crippen molar-refractivity contribution in [2.75, 3.05) is 6.54 Å². The zero-order valence-electron chi connectivity index (χ0n) is 11.9. The molecule has 0 aliphatic heterocycles. The Morgan fingerprint density at radius 1 is 1.05 bits per heavy atom. The molecule has 0 radical (unpaired) electrons. The fourth-order valence-electron chi connectivity index (χ4n) is 3.17. The predicted molar refractivity (Wildman–Crippen MR) is 81.7 cm³/mol. The van der Waals surface area contributed by atoms with Crippen molar-refractivity contribution >= 4 is 0 Å². The van der Waals surface area contributed by atoms with Gasteiger partial charge in [-0.3, -0.25) is 4.68 Å². The van der Waals surface area contributed by atoms with E-state index in [4.69, 9.17) is 0 Å². The molecule has 1 N–H and O–H groups in total. The van der Waals surface area contributed by atoms with E-state index in [1.807, 2.05) is 23.1 Å². The highest BCUT2D eigenvalue weighted by molar-refractivity contribution is 5.20. The maximum atomic E-state index is 4.23. The maximum absolute atomic E-state index is 4.23. The summed E-state index contributed by atoms with van der Waals surface area (Å²) in [5.74, 6) is 0.764. The van der Waals surface area contributed by atoms with Gasteiger partial charge in [0.2, 0.25) is 0 Å². The van der Waals surface area contributed by atoms with Crippen LogP contribution in [0.4, 0.5) is 0 Å². The van der Waals surface area contributed by atoms with E-state index in [1.54, 1.807) is 0 Å². The lowest BCUT2D eigenvalue weighted by Crippen LogP contribution is -2.34. The summed E-state index contributed by atoms with van der Waals surface area (Å²) in [6.45, 7) is 1.98. The minimum atomic E-state index is 0.686. The van der Waals surface area contributed by atoms with Crippen molar-refractivity contribution in [3.63, 3.8) is 0 Å². The molecular formula is C17H23N3. The summed E-state index contributed by atoms with van der Waals surface area (Å²) in [4.78, 5) is 0. The van der Waals surface area contributed by atoms with Crippen molar-refractivity contribution in [1.82, 2.24) is 15.1 Å². The van der Waals surface area contributed by atoms with Crippen LogP contribution in [0.25, 0.3) is 0 Å². The first-order valence-electron chi connectivity index (χ1n) is 7.67. The molecule has 3 heteroatoms. The van der Waals surface area contributed by atoms with E-state index in [1.165, 1.54) is 31.2 Å². The van der Waals surface area contributed by atoms with Crippen LogP contribution in [0, 0.1) is 0 Å². The normalized spacial score (nSPS) is 22.8. The molecule has 1 heterocycles. The molecule has 1 aromatic carbocycles. The van der Waals surface area contributed by atoms with Crippen LogP contribution < -0.4 is 5.32 Å². The van der Waals surface area contributed by atoms with Crippen LogP contribution in [-0.2, 0) is 6.54 Å². The Kier molecular flexibility index (Phi) is 4.49. The average molecular weight is 269 g/mol. The minimum absolute atomic E-state index is 0.686. The lowest BCUT2D eigenvalue weighted by Gasteiger charge is -2.29. The molecule has 1 fully saturated rings. The molecule has 0 atom stereocenters. The maximum Gasteiger partial charge on any atom is 0.0534 e. The second-order valence-electron chi connectivity index (χ2n) is 5.68. The third kappa shape index (κ3) is 3.48. The summed E-state index contributed by atoms with van der Waals surface area (Å²) in [6.07, 6.45) is 9.06. The molecule has 1 aromatic heterocycles. The standard InChI is InChI=1S/C17H23N3/c1-2-5-15(6-3-1)16-7-9-17(10-8-16)18-12-14-20-13-4-11-19-20/h1-6,11,13,16-18H,7-10,12,14H2. The highest BCUT2D eigenvalue weighted by Gasteiger charge is 2.21. The van der Waals surface area contributed by atoms with Gasteiger partial charge in [-0.05, 0) is 43.2 Å². The lowest BCUT2D eigenvalue weighted by atomic mass is 9.82. The Bertz CT molecular complexity index is 484. The van der Waals surface area contributed by atoms with E-state index in [2.05, 4.69) is 40.7 Å². The largest absolute Gasteiger partial charge is 0.312 e. The third-order valence-electron chi connectivity index (χ3n) is 4.33. The Hall–Kier alpha value is -1.61. The molecule has 0 bridgehead atoms. The minimum Gasteiger partial charge on any atom is -0.312 e. The topological polar surface area (TPSA) is 29.9 Å². The fourth-order valence-corrected chi connectivity index (χ4v) is 3.17. The van der Waals surface area contributed by atoms with E-state index in [-0.39, 0.29) is 0 Å². The monoisotopic (exact) mass is 269 g/mol. The molecule has 1 aliphatic carbocycles. The van der Waals surface area contributed by atoms with Crippen LogP contribution in [0.5, 0.6) is 0 Å². The van der Waals surface area contributed by atoms with Gasteiger partial charge in [0.1, 0.15) is 0 Å². The number of nitrogens with zero attached hydrogens (tertiary/aromatic N) is 2. The van der Waals surface area contributed by atoms with E-state index in [0.717, 1.165) is 19.0 Å². The third-order valence-corrected chi connectivity index (χ3v) is 4.33. The Labute approximate surface area is 121 Å². The molecule has 1 saturated carbocycles. The average Bonchev–Trinajstić information content (AvgIpc) is 3.02. The molecule has 3 rings (SSSR count). The quantitative estimate of drug-likeness (QED) is 0.903. The molecule has 3 nitrogen and oxygen atoms in total. The highest BCUT2D eigenvalue weighted by atomic mass is 15.3. The van der Waals surface area contributed by atoms with Crippen molar-refractivity contribution in [2.24, 2.45) is 0 Å². The second-order valence-corrected chi connectivity index (χ2v) is 5.68. The summed E-state index contributed by atoms with van der Waals surface area (Å²) in [5, 5.41) is 7.90. The van der Waals surface area contributed by atoms with Crippen LogP contribution in [0.15, 0.2) is 48.8 Å². The molecule has 1 aliphatic rings. The van der Waals surface area contributed by atoms with E-state index in [9.17, 15) is 0 Å². The van der Waals surface area contributed by atoms with E-state index in [0.29, 0.717) is 6.04 Å². The first-order chi connectivity index (χ1) is 9.92. The van der Waals surface area contributed by atoms with Gasteiger partial charge in [-0.2, -0.15) is 5.10 Å². The molecule has 0 saturated heterocycles. The molecule has 0 amide bonds. The molecular weight excluding hydrogens is 246 g/mol. The zero-order valence-corrected chi connectivity index (χ0v) is 11.9. The number of aromatic nitrogens is 2. The van der Waals surface area contributed by atoms with Gasteiger partial charge in [0.25, 0.3) is 0 Å². The summed E-state index contributed by atoms with van der Waals surface area (Å²) in [7, 11) is 0. The summed E-state index contributed by atoms with van der Waals surface area (Å²) < 4.78 is 1.99. The fraction of sp³-hybridized carbons (Fsp3) is 0.471. The molecule has 106 valence electrons. The summed E-state index contributed by atoms with van der Waals surface area (Å²) in [5.41, 5.74) is 1.52.